The Bertz CT molecular complexity index is 604. The average Bonchev–Trinajstić information content (AvgIpc) is 2.56. The number of halogens is 1. The molecule has 0 aromatic heterocycles. The monoisotopic (exact) mass is 482 g/mol. The van der Waals surface area contributed by atoms with Crippen LogP contribution in [-0.4, -0.2) is 64.5 Å². The highest BCUT2D eigenvalue weighted by Crippen LogP contribution is 2.19. The lowest BCUT2D eigenvalue weighted by Gasteiger charge is -2.30. The second-order valence-electron chi connectivity index (χ2n) is 5.66. The van der Waals surface area contributed by atoms with Crippen LogP contribution in [0, 0.1) is 0 Å². The van der Waals surface area contributed by atoms with Gasteiger partial charge in [-0.2, -0.15) is 0 Å². The van der Waals surface area contributed by atoms with Gasteiger partial charge < -0.3 is 10.6 Å². The number of aliphatic imine (C=N–C) groups is 1. The third kappa shape index (κ3) is 9.41. The average molecular weight is 482 g/mol. The number of hydrogen-bond acceptors (Lipinski definition) is 4. The van der Waals surface area contributed by atoms with Crippen LogP contribution in [0.4, 0.5) is 0 Å². The molecule has 25 heavy (non-hydrogen) atoms. The van der Waals surface area contributed by atoms with E-state index in [1.807, 2.05) is 18.2 Å². The first kappa shape index (κ1) is 24.1. The molecule has 1 rings (SSSR count). The van der Waals surface area contributed by atoms with Gasteiger partial charge in [0.25, 0.3) is 0 Å². The van der Waals surface area contributed by atoms with E-state index in [0.717, 1.165) is 13.1 Å². The number of guanidine groups is 1. The standard InChI is InChI=1S/C17H30N4O2S.HI/c1-5-21(6-2)16(15-10-8-7-9-11-15)14-20-17(18-3)19-12-13-24(4,22)23;/h7-11,16H,5-6,12-14H2,1-4H3,(H2,18,19,20);1H. The summed E-state index contributed by atoms with van der Waals surface area (Å²) in [5.41, 5.74) is 1.25. The first-order valence-electron chi connectivity index (χ1n) is 8.32. The van der Waals surface area contributed by atoms with Crippen LogP contribution in [0.5, 0.6) is 0 Å². The highest BCUT2D eigenvalue weighted by molar-refractivity contribution is 14.0. The van der Waals surface area contributed by atoms with Crippen molar-refractivity contribution in [1.29, 1.82) is 0 Å². The first-order valence-corrected chi connectivity index (χ1v) is 10.4. The minimum Gasteiger partial charge on any atom is -0.355 e. The molecule has 0 heterocycles. The molecule has 1 aromatic rings. The second-order valence-corrected chi connectivity index (χ2v) is 7.92. The lowest BCUT2D eigenvalue weighted by atomic mass is 10.1. The van der Waals surface area contributed by atoms with Gasteiger partial charge in [0.05, 0.1) is 11.8 Å². The Balaban J connectivity index is 0.00000576. The summed E-state index contributed by atoms with van der Waals surface area (Å²) in [5, 5.41) is 6.35. The van der Waals surface area contributed by atoms with E-state index in [1.54, 1.807) is 7.05 Å². The number of sulfone groups is 1. The van der Waals surface area contributed by atoms with Gasteiger partial charge in [-0.25, -0.2) is 8.42 Å². The van der Waals surface area contributed by atoms with Crippen molar-refractivity contribution in [2.24, 2.45) is 4.99 Å². The van der Waals surface area contributed by atoms with E-state index >= 15 is 0 Å². The van der Waals surface area contributed by atoms with Gasteiger partial charge in [0, 0.05) is 26.4 Å². The molecular formula is C17H31IN4O2S. The van der Waals surface area contributed by atoms with Crippen LogP contribution in [0.25, 0.3) is 0 Å². The third-order valence-electron chi connectivity index (χ3n) is 3.89. The van der Waals surface area contributed by atoms with Gasteiger partial charge in [0.15, 0.2) is 5.96 Å². The van der Waals surface area contributed by atoms with Gasteiger partial charge in [-0.15, -0.1) is 24.0 Å². The van der Waals surface area contributed by atoms with Crippen LogP contribution in [0.1, 0.15) is 25.5 Å². The molecule has 144 valence electrons. The molecule has 0 aliphatic heterocycles. The zero-order chi connectivity index (χ0) is 18.0. The molecule has 1 atom stereocenters. The van der Waals surface area contributed by atoms with E-state index in [4.69, 9.17) is 0 Å². The molecule has 0 saturated carbocycles. The smallest absolute Gasteiger partial charge is 0.191 e. The maximum Gasteiger partial charge on any atom is 0.191 e. The highest BCUT2D eigenvalue weighted by atomic mass is 127. The summed E-state index contributed by atoms with van der Waals surface area (Å²) in [6, 6.07) is 10.6. The minimum atomic E-state index is -2.98. The van der Waals surface area contributed by atoms with Crippen molar-refractivity contribution in [1.82, 2.24) is 15.5 Å². The molecule has 1 aromatic carbocycles. The van der Waals surface area contributed by atoms with E-state index < -0.39 is 9.84 Å². The maximum atomic E-state index is 11.2. The Kier molecular flexibility index (Phi) is 12.0. The van der Waals surface area contributed by atoms with Gasteiger partial charge in [-0.3, -0.25) is 9.89 Å². The largest absolute Gasteiger partial charge is 0.355 e. The molecule has 0 bridgehead atoms. The number of likely N-dealkylation sites (N-methyl/N-ethyl adjacent to an activating group) is 1. The summed E-state index contributed by atoms with van der Waals surface area (Å²) < 4.78 is 22.4. The summed E-state index contributed by atoms with van der Waals surface area (Å²) in [6.45, 7) is 7.26. The summed E-state index contributed by atoms with van der Waals surface area (Å²) in [7, 11) is -1.29. The van der Waals surface area contributed by atoms with Crippen LogP contribution < -0.4 is 10.6 Å². The fourth-order valence-electron chi connectivity index (χ4n) is 2.57. The van der Waals surface area contributed by atoms with E-state index in [2.05, 4.69) is 46.5 Å². The van der Waals surface area contributed by atoms with Gasteiger partial charge in [-0.05, 0) is 18.7 Å². The Morgan fingerprint density at radius 3 is 2.24 bits per heavy atom. The number of nitrogens with one attached hydrogen (secondary N) is 2. The molecule has 8 heteroatoms. The maximum absolute atomic E-state index is 11.2. The van der Waals surface area contributed by atoms with Gasteiger partial charge >= 0.3 is 0 Å². The molecule has 0 radical (unpaired) electrons. The fourth-order valence-corrected chi connectivity index (χ4v) is 3.04. The van der Waals surface area contributed by atoms with Crippen LogP contribution in [-0.2, 0) is 9.84 Å². The number of benzene rings is 1. The van der Waals surface area contributed by atoms with Crippen LogP contribution in [0.2, 0.25) is 0 Å². The predicted molar refractivity (Wildman–Crippen MR) is 117 cm³/mol. The van der Waals surface area contributed by atoms with Gasteiger partial charge in [0.2, 0.25) is 0 Å². The minimum absolute atomic E-state index is 0. The van der Waals surface area contributed by atoms with Crippen LogP contribution >= 0.6 is 24.0 Å². The van der Waals surface area contributed by atoms with Crippen LogP contribution in [0.3, 0.4) is 0 Å². The number of nitrogens with zero attached hydrogens (tertiary/aromatic N) is 2. The molecule has 0 spiro atoms. The molecule has 2 N–H and O–H groups in total. The molecule has 6 nitrogen and oxygen atoms in total. The number of hydrogen-bond donors (Lipinski definition) is 2. The topological polar surface area (TPSA) is 73.8 Å². The molecular weight excluding hydrogens is 451 g/mol. The molecule has 0 aliphatic rings. The van der Waals surface area contributed by atoms with E-state index in [0.29, 0.717) is 19.0 Å². The Labute approximate surface area is 169 Å². The SMILES string of the molecule is CCN(CC)C(CNC(=NC)NCCS(C)(=O)=O)c1ccccc1.I. The molecule has 1 unspecified atom stereocenters. The van der Waals surface area contributed by atoms with Crippen LogP contribution in [0.15, 0.2) is 35.3 Å². The van der Waals surface area contributed by atoms with Crippen molar-refractivity contribution < 1.29 is 8.42 Å². The molecule has 0 aliphatic carbocycles. The fraction of sp³-hybridized carbons (Fsp3) is 0.588. The molecule has 0 fully saturated rings. The van der Waals surface area contributed by atoms with Crippen molar-refractivity contribution in [2.75, 3.05) is 45.2 Å². The quantitative estimate of drug-likeness (QED) is 0.320. The Morgan fingerprint density at radius 2 is 1.76 bits per heavy atom. The summed E-state index contributed by atoms with van der Waals surface area (Å²) in [6.07, 6.45) is 1.23. The zero-order valence-electron chi connectivity index (χ0n) is 15.5. The lowest BCUT2D eigenvalue weighted by Crippen LogP contribution is -2.44. The van der Waals surface area contributed by atoms with Gasteiger partial charge in [0.1, 0.15) is 9.84 Å². The third-order valence-corrected chi connectivity index (χ3v) is 4.83. The van der Waals surface area contributed by atoms with Gasteiger partial charge in [-0.1, -0.05) is 44.2 Å². The zero-order valence-corrected chi connectivity index (χ0v) is 18.7. The molecule has 0 amide bonds. The first-order chi connectivity index (χ1) is 11.4. The van der Waals surface area contributed by atoms with Crippen molar-refractivity contribution in [3.8, 4) is 0 Å². The van der Waals surface area contributed by atoms with E-state index in [1.165, 1.54) is 11.8 Å². The Morgan fingerprint density at radius 1 is 1.16 bits per heavy atom. The van der Waals surface area contributed by atoms with E-state index in [9.17, 15) is 8.42 Å². The van der Waals surface area contributed by atoms with Crippen molar-refractivity contribution in [2.45, 2.75) is 19.9 Å². The Hall–Kier alpha value is -0.870. The lowest BCUT2D eigenvalue weighted by molar-refractivity contribution is 0.219. The van der Waals surface area contributed by atoms with E-state index in [-0.39, 0.29) is 35.8 Å². The molecule has 0 saturated heterocycles. The summed E-state index contributed by atoms with van der Waals surface area (Å²) in [5.74, 6) is 0.706. The normalized spacial score (nSPS) is 13.2. The van der Waals surface area contributed by atoms with Crippen molar-refractivity contribution >= 4 is 39.8 Å². The summed E-state index contributed by atoms with van der Waals surface area (Å²) >= 11 is 0. The van der Waals surface area contributed by atoms with Crippen molar-refractivity contribution in [3.05, 3.63) is 35.9 Å². The predicted octanol–water partition coefficient (Wildman–Crippen LogP) is 1.90. The summed E-state index contributed by atoms with van der Waals surface area (Å²) in [4.78, 5) is 6.55. The van der Waals surface area contributed by atoms with Crippen molar-refractivity contribution in [3.63, 3.8) is 0 Å². The number of rotatable bonds is 9. The second kappa shape index (κ2) is 12.5. The highest BCUT2D eigenvalue weighted by Gasteiger charge is 2.18.